The molecule has 0 spiro atoms. The minimum Gasteiger partial charge on any atom is -0.434 e. The molecule has 1 fully saturated rings. The number of benzene rings is 1. The van der Waals surface area contributed by atoms with Crippen molar-refractivity contribution in [1.29, 1.82) is 0 Å². The Morgan fingerprint density at radius 2 is 2.08 bits per heavy atom. The number of halogens is 3. The molecule has 1 aromatic carbocycles. The highest BCUT2D eigenvalue weighted by Crippen LogP contribution is 2.53. The minimum absolute atomic E-state index is 0.0220. The van der Waals surface area contributed by atoms with Crippen molar-refractivity contribution in [3.05, 3.63) is 70.9 Å². The highest BCUT2D eigenvalue weighted by Gasteiger charge is 2.46. The van der Waals surface area contributed by atoms with Crippen LogP contribution in [-0.4, -0.2) is 49.0 Å². The van der Waals surface area contributed by atoms with E-state index in [1.807, 2.05) is 0 Å². The summed E-state index contributed by atoms with van der Waals surface area (Å²) >= 11 is 0. The molecule has 9 nitrogen and oxygen atoms in total. The Bertz CT molecular complexity index is 1740. The monoisotopic (exact) mass is 524 g/mol. The van der Waals surface area contributed by atoms with Gasteiger partial charge in [0.15, 0.2) is 5.82 Å². The van der Waals surface area contributed by atoms with Crippen LogP contribution in [0.25, 0.3) is 16.8 Å². The third-order valence-corrected chi connectivity index (χ3v) is 7.82. The van der Waals surface area contributed by atoms with Crippen molar-refractivity contribution in [2.75, 3.05) is 6.98 Å². The Morgan fingerprint density at radius 3 is 2.79 bits per heavy atom. The predicted octanol–water partition coefficient (Wildman–Crippen LogP) is 3.93. The largest absolute Gasteiger partial charge is 0.434 e. The van der Waals surface area contributed by atoms with Gasteiger partial charge >= 0.3 is 6.61 Å². The van der Waals surface area contributed by atoms with Gasteiger partial charge in [-0.15, -0.1) is 0 Å². The molecule has 0 unspecified atom stereocenters. The van der Waals surface area contributed by atoms with Crippen LogP contribution in [0.3, 0.4) is 0 Å². The molecule has 2 atom stereocenters. The molecule has 1 amide bonds. The second kappa shape index (κ2) is 7.97. The van der Waals surface area contributed by atoms with Crippen LogP contribution in [0.5, 0.6) is 5.75 Å². The zero-order valence-corrected chi connectivity index (χ0v) is 19.7. The first kappa shape index (κ1) is 20.0. The minimum atomic E-state index is -3.17. The summed E-state index contributed by atoms with van der Waals surface area (Å²) in [5.74, 6) is -2.36. The molecule has 1 aliphatic heterocycles. The van der Waals surface area contributed by atoms with Crippen LogP contribution in [0.2, 0.25) is 0 Å². The van der Waals surface area contributed by atoms with Crippen molar-refractivity contribution in [1.82, 2.24) is 29.5 Å². The molecule has 194 valence electrons. The van der Waals surface area contributed by atoms with Crippen LogP contribution in [0.15, 0.2) is 36.8 Å². The number of amides is 1. The van der Waals surface area contributed by atoms with Gasteiger partial charge in [0, 0.05) is 39.9 Å². The first-order chi connectivity index (χ1) is 19.5. The number of aromatic nitrogens is 5. The Morgan fingerprint density at radius 1 is 1.24 bits per heavy atom. The lowest BCUT2D eigenvalue weighted by atomic mass is 9.77. The topological polar surface area (TPSA) is 112 Å². The molecule has 3 aromatic heterocycles. The fourth-order valence-electron chi connectivity index (χ4n) is 5.80. The van der Waals surface area contributed by atoms with Gasteiger partial charge in [-0.25, -0.2) is 19.5 Å². The van der Waals surface area contributed by atoms with Gasteiger partial charge < -0.3 is 15.4 Å². The average molecular weight is 525 g/mol. The standard InChI is InChI=1S/C26H22F3N7O2/c1-35-17-8-13(19-12(23(35)37)4-2-5-18(19)38-25(28)29)20-16-9-15(32-11-36(16)34-21(17)20)14-10-31-24(33-22(14)27)26(30)6-3-7-26/h2,4-5,9-11,13,17,25H,3,6-8,30H2,1H3/t13-,17-/m1/s1/i1D3. The van der Waals surface area contributed by atoms with E-state index in [-0.39, 0.29) is 46.1 Å². The van der Waals surface area contributed by atoms with E-state index >= 15 is 4.39 Å². The molecule has 4 heterocycles. The summed E-state index contributed by atoms with van der Waals surface area (Å²) in [6, 6.07) is 4.66. The Hall–Kier alpha value is -4.06. The molecule has 2 N–H and O–H groups in total. The van der Waals surface area contributed by atoms with E-state index in [2.05, 4.69) is 20.1 Å². The van der Waals surface area contributed by atoms with Gasteiger partial charge in [-0.3, -0.25) is 4.79 Å². The number of nitrogens with zero attached hydrogens (tertiary/aromatic N) is 6. The predicted molar refractivity (Wildman–Crippen MR) is 128 cm³/mol. The van der Waals surface area contributed by atoms with Gasteiger partial charge in [-0.1, -0.05) is 6.07 Å². The number of rotatable bonds is 4. The molecule has 1 saturated carbocycles. The molecule has 0 saturated heterocycles. The molecule has 38 heavy (non-hydrogen) atoms. The van der Waals surface area contributed by atoms with E-state index in [9.17, 15) is 13.6 Å². The summed E-state index contributed by atoms with van der Waals surface area (Å²) in [5, 5.41) is 4.54. The molecule has 12 heteroatoms. The van der Waals surface area contributed by atoms with E-state index in [0.29, 0.717) is 23.9 Å². The lowest BCUT2D eigenvalue weighted by molar-refractivity contribution is -0.0505. The Kier molecular flexibility index (Phi) is 4.19. The number of alkyl halides is 2. The lowest BCUT2D eigenvalue weighted by Crippen LogP contribution is -2.45. The summed E-state index contributed by atoms with van der Waals surface area (Å²) in [6.07, 6.45) is 4.97. The SMILES string of the molecule is [2H]C([2H])([2H])N1C(=O)c2cccc(OC(F)F)c2[C@H]2C[C@@H]1c1nn3cnc(-c4cnc(C5(N)CCC5)nc4F)cc3c12. The molecule has 2 aliphatic carbocycles. The van der Waals surface area contributed by atoms with Crippen LogP contribution in [-0.2, 0) is 5.54 Å². The summed E-state index contributed by atoms with van der Waals surface area (Å²) in [7, 11) is 0. The molecule has 7 rings (SSSR count). The van der Waals surface area contributed by atoms with Crippen LogP contribution >= 0.6 is 0 Å². The highest BCUT2D eigenvalue weighted by atomic mass is 19.3. The number of hydrogen-bond acceptors (Lipinski definition) is 7. The smallest absolute Gasteiger partial charge is 0.387 e. The third kappa shape index (κ3) is 3.19. The van der Waals surface area contributed by atoms with Crippen LogP contribution < -0.4 is 10.5 Å². The van der Waals surface area contributed by atoms with Crippen molar-refractivity contribution in [2.24, 2.45) is 5.73 Å². The highest BCUT2D eigenvalue weighted by molar-refractivity contribution is 5.98. The van der Waals surface area contributed by atoms with Gasteiger partial charge in [-0.2, -0.15) is 18.3 Å². The zero-order valence-electron chi connectivity index (χ0n) is 22.7. The van der Waals surface area contributed by atoms with Crippen LogP contribution in [0.4, 0.5) is 13.2 Å². The van der Waals surface area contributed by atoms with Crippen molar-refractivity contribution in [3.63, 3.8) is 0 Å². The third-order valence-electron chi connectivity index (χ3n) is 7.82. The molecular weight excluding hydrogens is 499 g/mol. The summed E-state index contributed by atoms with van der Waals surface area (Å²) < 4.78 is 72.6. The maximum Gasteiger partial charge on any atom is 0.387 e. The first-order valence-corrected chi connectivity index (χ1v) is 12.1. The van der Waals surface area contributed by atoms with Gasteiger partial charge in [0.05, 0.1) is 34.0 Å². The Balaban J connectivity index is 1.42. The van der Waals surface area contributed by atoms with Crippen molar-refractivity contribution < 1.29 is 26.8 Å². The normalized spacial score (nSPS) is 22.8. The molecule has 3 aliphatic rings. The summed E-state index contributed by atoms with van der Waals surface area (Å²) in [5.41, 5.74) is 7.05. The maximum absolute atomic E-state index is 15.2. The van der Waals surface area contributed by atoms with Crippen molar-refractivity contribution in [2.45, 2.75) is 49.8 Å². The Labute approximate surface area is 218 Å². The number of ether oxygens (including phenoxy) is 1. The fraction of sp³-hybridized carbons (Fsp3) is 0.346. The van der Waals surface area contributed by atoms with Gasteiger partial charge in [0.1, 0.15) is 12.1 Å². The number of fused-ring (bicyclic) bond motifs is 9. The van der Waals surface area contributed by atoms with E-state index < -0.39 is 42.9 Å². The van der Waals surface area contributed by atoms with Crippen LogP contribution in [0, 0.1) is 5.95 Å². The van der Waals surface area contributed by atoms with Gasteiger partial charge in [0.2, 0.25) is 5.95 Å². The van der Waals surface area contributed by atoms with Crippen molar-refractivity contribution in [3.8, 4) is 17.0 Å². The van der Waals surface area contributed by atoms with E-state index in [0.717, 1.165) is 11.3 Å². The molecular formula is C26H22F3N7O2. The molecule has 2 bridgehead atoms. The van der Waals surface area contributed by atoms with Gasteiger partial charge in [-0.05, 0) is 43.9 Å². The fourth-order valence-corrected chi connectivity index (χ4v) is 5.80. The van der Waals surface area contributed by atoms with E-state index in [4.69, 9.17) is 14.6 Å². The van der Waals surface area contributed by atoms with E-state index in [1.54, 1.807) is 6.07 Å². The maximum atomic E-state index is 15.2. The van der Waals surface area contributed by atoms with Crippen molar-refractivity contribution >= 4 is 11.4 Å². The molecule has 4 aromatic rings. The summed E-state index contributed by atoms with van der Waals surface area (Å²) in [6.45, 7) is -6.02. The second-order valence-corrected chi connectivity index (χ2v) is 9.89. The van der Waals surface area contributed by atoms with Crippen LogP contribution in [0.1, 0.15) is 74.8 Å². The molecule has 0 radical (unpaired) electrons. The quantitative estimate of drug-likeness (QED) is 0.403. The zero-order chi connectivity index (χ0) is 28.8. The number of carbonyl (C=O) groups is 1. The lowest BCUT2D eigenvalue weighted by Gasteiger charge is -2.36. The average Bonchev–Trinajstić information content (AvgIpc) is 3.39. The number of carbonyl (C=O) groups excluding carboxylic acids is 1. The number of hydrogen-bond donors (Lipinski definition) is 1. The van der Waals surface area contributed by atoms with Gasteiger partial charge in [0.25, 0.3) is 5.91 Å². The first-order valence-electron chi connectivity index (χ1n) is 13.6. The summed E-state index contributed by atoms with van der Waals surface area (Å²) in [4.78, 5) is 26.9. The second-order valence-electron chi connectivity index (χ2n) is 9.89. The van der Waals surface area contributed by atoms with E-state index in [1.165, 1.54) is 35.2 Å². The number of nitrogens with two attached hydrogens (primary N) is 1.